The molecule has 0 aliphatic carbocycles. The lowest BCUT2D eigenvalue weighted by molar-refractivity contribution is -0.138. The lowest BCUT2D eigenvalue weighted by atomic mass is 10.1. The zero-order chi connectivity index (χ0) is 23.0. The summed E-state index contributed by atoms with van der Waals surface area (Å²) in [4.78, 5) is 27.5. The van der Waals surface area contributed by atoms with Gasteiger partial charge in [-0.2, -0.15) is 0 Å². The normalized spacial score (nSPS) is 12.3. The number of hydrogen-bond acceptors (Lipinski definition) is 3. The quantitative estimate of drug-likeness (QED) is 0.507. The number of carbonyl (C=O) groups excluding carboxylic acids is 2. The molecule has 0 unspecified atom stereocenters. The fraction of sp³-hybridized carbons (Fsp3) is 0.417. The average Bonchev–Trinajstić information content (AvgIpc) is 2.69. The molecule has 0 aliphatic rings. The molecular formula is C24H30Cl2N2O2S. The maximum atomic E-state index is 13.1. The molecule has 0 bridgehead atoms. The third-order valence-corrected chi connectivity index (χ3v) is 6.34. The van der Waals surface area contributed by atoms with Gasteiger partial charge in [0, 0.05) is 27.9 Å². The van der Waals surface area contributed by atoms with Gasteiger partial charge in [0.2, 0.25) is 11.8 Å². The van der Waals surface area contributed by atoms with E-state index in [9.17, 15) is 9.59 Å². The number of rotatable bonds is 9. The van der Waals surface area contributed by atoms with E-state index in [1.807, 2.05) is 51.1 Å². The van der Waals surface area contributed by atoms with Crippen LogP contribution in [0.3, 0.4) is 0 Å². The van der Waals surface area contributed by atoms with Crippen molar-refractivity contribution in [3.63, 3.8) is 0 Å². The highest BCUT2D eigenvalue weighted by molar-refractivity contribution is 7.99. The summed E-state index contributed by atoms with van der Waals surface area (Å²) >= 11 is 13.9. The van der Waals surface area contributed by atoms with Gasteiger partial charge in [-0.15, -0.1) is 11.8 Å². The van der Waals surface area contributed by atoms with E-state index in [4.69, 9.17) is 23.2 Å². The Hall–Kier alpha value is -1.69. The molecule has 0 saturated carbocycles. The molecule has 0 spiro atoms. The molecule has 0 heterocycles. The predicted molar refractivity (Wildman–Crippen MR) is 132 cm³/mol. The zero-order valence-electron chi connectivity index (χ0n) is 18.5. The molecule has 0 aliphatic heterocycles. The van der Waals surface area contributed by atoms with Gasteiger partial charge in [0.25, 0.3) is 0 Å². The summed E-state index contributed by atoms with van der Waals surface area (Å²) in [5, 5.41) is 4.15. The molecule has 4 nitrogen and oxygen atoms in total. The van der Waals surface area contributed by atoms with Crippen molar-refractivity contribution in [2.24, 2.45) is 0 Å². The number of nitrogens with one attached hydrogen (secondary N) is 1. The Labute approximate surface area is 199 Å². The van der Waals surface area contributed by atoms with Crippen LogP contribution in [-0.2, 0) is 21.8 Å². The van der Waals surface area contributed by atoms with Gasteiger partial charge in [-0.1, -0.05) is 59.6 Å². The topological polar surface area (TPSA) is 49.4 Å². The van der Waals surface area contributed by atoms with Crippen molar-refractivity contribution in [1.82, 2.24) is 10.2 Å². The summed E-state index contributed by atoms with van der Waals surface area (Å²) in [6.07, 6.45) is 0.681. The highest BCUT2D eigenvalue weighted by Gasteiger charge is 2.28. The Bertz CT molecular complexity index is 865. The van der Waals surface area contributed by atoms with E-state index in [2.05, 4.69) is 5.32 Å². The van der Waals surface area contributed by atoms with E-state index in [1.165, 1.54) is 11.8 Å². The summed E-state index contributed by atoms with van der Waals surface area (Å²) < 4.78 is 0. The molecule has 0 saturated heterocycles. The zero-order valence-corrected chi connectivity index (χ0v) is 20.8. The van der Waals surface area contributed by atoms with Gasteiger partial charge in [0.05, 0.1) is 5.75 Å². The SMILES string of the molecule is C[C@H](C(=O)NC(C)(C)C)N(CCc1ccccc1)C(=O)CSCc1c(Cl)cccc1Cl. The molecule has 2 aromatic carbocycles. The molecular weight excluding hydrogens is 451 g/mol. The number of hydrogen-bond donors (Lipinski definition) is 1. The first-order valence-electron chi connectivity index (χ1n) is 10.2. The predicted octanol–water partition coefficient (Wildman–Crippen LogP) is 5.60. The van der Waals surface area contributed by atoms with Crippen LogP contribution in [0.15, 0.2) is 48.5 Å². The molecule has 2 rings (SSSR count). The van der Waals surface area contributed by atoms with Gasteiger partial charge in [0.15, 0.2) is 0 Å². The standard InChI is InChI=1S/C24H30Cl2N2O2S/c1-17(23(30)27-24(2,3)4)28(14-13-18-9-6-5-7-10-18)22(29)16-31-15-19-20(25)11-8-12-21(19)26/h5-12,17H,13-16H2,1-4H3,(H,27,30)/t17-/m1/s1. The second-order valence-electron chi connectivity index (χ2n) is 8.43. The largest absolute Gasteiger partial charge is 0.350 e. The third kappa shape index (κ3) is 8.40. The van der Waals surface area contributed by atoms with Crippen molar-refractivity contribution in [3.8, 4) is 0 Å². The highest BCUT2D eigenvalue weighted by atomic mass is 35.5. The van der Waals surface area contributed by atoms with E-state index < -0.39 is 6.04 Å². The maximum Gasteiger partial charge on any atom is 0.242 e. The van der Waals surface area contributed by atoms with Crippen molar-refractivity contribution in [3.05, 3.63) is 69.7 Å². The second kappa shape index (κ2) is 11.8. The van der Waals surface area contributed by atoms with E-state index in [0.717, 1.165) is 11.1 Å². The Morgan fingerprint density at radius 2 is 1.65 bits per heavy atom. The number of amides is 2. The number of thioether (sulfide) groups is 1. The summed E-state index contributed by atoms with van der Waals surface area (Å²) in [7, 11) is 0. The van der Waals surface area contributed by atoms with Gasteiger partial charge in [-0.3, -0.25) is 9.59 Å². The molecule has 1 N–H and O–H groups in total. The van der Waals surface area contributed by atoms with Gasteiger partial charge < -0.3 is 10.2 Å². The maximum absolute atomic E-state index is 13.1. The molecule has 31 heavy (non-hydrogen) atoms. The van der Waals surface area contributed by atoms with Crippen LogP contribution in [0.2, 0.25) is 10.0 Å². The van der Waals surface area contributed by atoms with Gasteiger partial charge >= 0.3 is 0 Å². The molecule has 0 radical (unpaired) electrons. The van der Waals surface area contributed by atoms with Crippen LogP contribution in [0.4, 0.5) is 0 Å². The molecule has 168 valence electrons. The van der Waals surface area contributed by atoms with Crippen molar-refractivity contribution in [2.45, 2.75) is 51.4 Å². The minimum atomic E-state index is -0.570. The summed E-state index contributed by atoms with van der Waals surface area (Å²) in [5.74, 6) is 0.525. The van der Waals surface area contributed by atoms with E-state index in [-0.39, 0.29) is 23.1 Å². The van der Waals surface area contributed by atoms with Crippen LogP contribution in [0, 0.1) is 0 Å². The summed E-state index contributed by atoms with van der Waals surface area (Å²) in [6, 6.07) is 14.8. The summed E-state index contributed by atoms with van der Waals surface area (Å²) in [5.41, 5.74) is 1.58. The van der Waals surface area contributed by atoms with Crippen LogP contribution in [0.1, 0.15) is 38.8 Å². The summed E-state index contributed by atoms with van der Waals surface area (Å²) in [6.45, 7) is 8.03. The van der Waals surface area contributed by atoms with Crippen LogP contribution >= 0.6 is 35.0 Å². The van der Waals surface area contributed by atoms with Crippen molar-refractivity contribution in [1.29, 1.82) is 0 Å². The molecule has 0 fully saturated rings. The van der Waals surface area contributed by atoms with E-state index >= 15 is 0 Å². The number of halogens is 2. The molecule has 7 heteroatoms. The lowest BCUT2D eigenvalue weighted by Crippen LogP contribution is -2.53. The first-order chi connectivity index (χ1) is 14.6. The van der Waals surface area contributed by atoms with E-state index in [0.29, 0.717) is 28.8 Å². The minimum Gasteiger partial charge on any atom is -0.350 e. The first-order valence-corrected chi connectivity index (χ1v) is 12.2. The average molecular weight is 481 g/mol. The minimum absolute atomic E-state index is 0.0827. The van der Waals surface area contributed by atoms with Crippen LogP contribution < -0.4 is 5.32 Å². The molecule has 0 aromatic heterocycles. The fourth-order valence-corrected chi connectivity index (χ4v) is 4.68. The second-order valence-corrected chi connectivity index (χ2v) is 10.2. The van der Waals surface area contributed by atoms with Gasteiger partial charge in [-0.05, 0) is 57.4 Å². The monoisotopic (exact) mass is 480 g/mol. The Morgan fingerprint density at radius 3 is 2.23 bits per heavy atom. The third-order valence-electron chi connectivity index (χ3n) is 4.68. The number of carbonyl (C=O) groups is 2. The van der Waals surface area contributed by atoms with Crippen LogP contribution in [-0.4, -0.2) is 40.6 Å². The lowest BCUT2D eigenvalue weighted by Gasteiger charge is -2.31. The van der Waals surface area contributed by atoms with Gasteiger partial charge in [-0.25, -0.2) is 0 Å². The van der Waals surface area contributed by atoms with E-state index in [1.54, 1.807) is 30.0 Å². The smallest absolute Gasteiger partial charge is 0.242 e. The van der Waals surface area contributed by atoms with Crippen LogP contribution in [0.25, 0.3) is 0 Å². The molecule has 2 aromatic rings. The number of benzene rings is 2. The Balaban J connectivity index is 2.06. The highest BCUT2D eigenvalue weighted by Crippen LogP contribution is 2.28. The fourth-order valence-electron chi connectivity index (χ4n) is 3.04. The van der Waals surface area contributed by atoms with Crippen molar-refractivity contribution < 1.29 is 9.59 Å². The molecule has 1 atom stereocenters. The Morgan fingerprint density at radius 1 is 1.03 bits per heavy atom. The van der Waals surface area contributed by atoms with Crippen molar-refractivity contribution >= 4 is 46.8 Å². The first kappa shape index (κ1) is 25.6. The van der Waals surface area contributed by atoms with Crippen LogP contribution in [0.5, 0.6) is 0 Å². The molecule has 2 amide bonds. The Kier molecular flexibility index (Phi) is 9.73. The van der Waals surface area contributed by atoms with Gasteiger partial charge in [0.1, 0.15) is 6.04 Å². The van der Waals surface area contributed by atoms with Crippen molar-refractivity contribution in [2.75, 3.05) is 12.3 Å². The number of nitrogens with zero attached hydrogens (tertiary/aromatic N) is 1.